The second kappa shape index (κ2) is 1.83. The fourth-order valence-electron chi connectivity index (χ4n) is 0.808. The third-order valence-corrected chi connectivity index (χ3v) is 1.31. The lowest BCUT2D eigenvalue weighted by Crippen LogP contribution is -2.22. The van der Waals surface area contributed by atoms with Crippen LogP contribution in [0.4, 0.5) is 0 Å². The Balaban J connectivity index is 2.71. The second-order valence-electron chi connectivity index (χ2n) is 2.17. The third kappa shape index (κ3) is 1.10. The van der Waals surface area contributed by atoms with Crippen LogP contribution in [0.25, 0.3) is 0 Å². The van der Waals surface area contributed by atoms with Crippen molar-refractivity contribution >= 4 is 0 Å². The molecule has 2 N–H and O–H groups in total. The molecule has 0 heterocycles. The molecule has 0 radical (unpaired) electrons. The number of hydrogen-bond acceptors (Lipinski definition) is 3. The van der Waals surface area contributed by atoms with E-state index in [0.29, 0.717) is 0 Å². The molecular formula is C6H7NO2. The predicted molar refractivity (Wildman–Crippen MR) is 30.3 cm³/mol. The summed E-state index contributed by atoms with van der Waals surface area (Å²) in [5.41, 5.74) is -1.42. The van der Waals surface area contributed by atoms with Crippen molar-refractivity contribution in [3.63, 3.8) is 0 Å². The van der Waals surface area contributed by atoms with Crippen molar-refractivity contribution in [3.05, 3.63) is 12.2 Å². The van der Waals surface area contributed by atoms with Gasteiger partial charge in [0.15, 0.2) is 5.60 Å². The first-order valence-corrected chi connectivity index (χ1v) is 2.67. The minimum Gasteiger partial charge on any atom is -0.389 e. The van der Waals surface area contributed by atoms with Crippen molar-refractivity contribution in [2.24, 2.45) is 0 Å². The van der Waals surface area contributed by atoms with Gasteiger partial charge in [-0.05, 0) is 6.08 Å². The molecule has 1 aliphatic carbocycles. The van der Waals surface area contributed by atoms with E-state index in [-0.39, 0.29) is 6.42 Å². The summed E-state index contributed by atoms with van der Waals surface area (Å²) >= 11 is 0. The summed E-state index contributed by atoms with van der Waals surface area (Å²) in [6, 6.07) is 1.68. The largest absolute Gasteiger partial charge is 0.389 e. The van der Waals surface area contributed by atoms with Gasteiger partial charge in [0.25, 0.3) is 0 Å². The van der Waals surface area contributed by atoms with Gasteiger partial charge in [0.1, 0.15) is 6.07 Å². The van der Waals surface area contributed by atoms with Crippen molar-refractivity contribution in [1.82, 2.24) is 0 Å². The first-order valence-electron chi connectivity index (χ1n) is 2.67. The molecular weight excluding hydrogens is 118 g/mol. The van der Waals surface area contributed by atoms with E-state index in [4.69, 9.17) is 15.5 Å². The van der Waals surface area contributed by atoms with Gasteiger partial charge in [-0.25, -0.2) is 0 Å². The Bertz CT molecular complexity index is 182. The van der Waals surface area contributed by atoms with Crippen LogP contribution in [0.5, 0.6) is 0 Å². The standard InChI is InChI=1S/C6H7NO2/c7-4-6(9)2-1-5(8)3-6/h1-2,5,8-9H,3H2. The molecule has 2 unspecified atom stereocenters. The zero-order chi connectivity index (χ0) is 6.91. The Labute approximate surface area is 52.8 Å². The van der Waals surface area contributed by atoms with Gasteiger partial charge in [0.2, 0.25) is 0 Å². The van der Waals surface area contributed by atoms with Crippen molar-refractivity contribution in [3.8, 4) is 6.07 Å². The van der Waals surface area contributed by atoms with Crippen LogP contribution < -0.4 is 0 Å². The van der Waals surface area contributed by atoms with E-state index in [1.807, 2.05) is 0 Å². The van der Waals surface area contributed by atoms with E-state index < -0.39 is 11.7 Å². The van der Waals surface area contributed by atoms with Crippen LogP contribution in [0.3, 0.4) is 0 Å². The molecule has 0 fully saturated rings. The van der Waals surface area contributed by atoms with Gasteiger partial charge in [-0.2, -0.15) is 5.26 Å². The molecule has 0 aromatic carbocycles. The average molecular weight is 125 g/mol. The monoisotopic (exact) mass is 125 g/mol. The van der Waals surface area contributed by atoms with Gasteiger partial charge < -0.3 is 10.2 Å². The maximum atomic E-state index is 9.06. The molecule has 0 bridgehead atoms. The lowest BCUT2D eigenvalue weighted by Gasteiger charge is -2.08. The maximum Gasteiger partial charge on any atom is 0.172 e. The number of hydrogen-bond donors (Lipinski definition) is 2. The molecule has 0 spiro atoms. The minimum absolute atomic E-state index is 0.101. The molecule has 0 saturated heterocycles. The summed E-state index contributed by atoms with van der Waals surface area (Å²) in [6.07, 6.45) is 2.18. The van der Waals surface area contributed by atoms with E-state index in [2.05, 4.69) is 0 Å². The topological polar surface area (TPSA) is 64.2 Å². The molecule has 1 rings (SSSR count). The highest BCUT2D eigenvalue weighted by atomic mass is 16.3. The van der Waals surface area contributed by atoms with Gasteiger partial charge in [-0.3, -0.25) is 0 Å². The average Bonchev–Trinajstić information content (AvgIpc) is 2.13. The summed E-state index contributed by atoms with van der Waals surface area (Å²) in [5.74, 6) is 0. The molecule has 0 amide bonds. The van der Waals surface area contributed by atoms with Crippen LogP contribution in [-0.4, -0.2) is 21.9 Å². The van der Waals surface area contributed by atoms with E-state index in [1.54, 1.807) is 6.07 Å². The molecule has 0 aromatic heterocycles. The molecule has 0 aromatic rings. The van der Waals surface area contributed by atoms with Gasteiger partial charge in [0.05, 0.1) is 6.10 Å². The molecule has 0 aliphatic heterocycles. The smallest absolute Gasteiger partial charge is 0.172 e. The molecule has 2 atom stereocenters. The molecule has 3 heteroatoms. The van der Waals surface area contributed by atoms with Gasteiger partial charge in [0, 0.05) is 6.42 Å². The Morgan fingerprint density at radius 1 is 1.78 bits per heavy atom. The Kier molecular flexibility index (Phi) is 1.28. The van der Waals surface area contributed by atoms with Crippen LogP contribution in [0.2, 0.25) is 0 Å². The highest BCUT2D eigenvalue weighted by molar-refractivity contribution is 5.22. The summed E-state index contributed by atoms with van der Waals surface area (Å²) in [6.45, 7) is 0. The number of nitriles is 1. The number of aliphatic hydroxyl groups is 2. The van der Waals surface area contributed by atoms with E-state index >= 15 is 0 Å². The summed E-state index contributed by atoms with van der Waals surface area (Å²) < 4.78 is 0. The zero-order valence-corrected chi connectivity index (χ0v) is 4.78. The predicted octanol–water partition coefficient (Wildman–Crippen LogP) is -0.438. The molecule has 9 heavy (non-hydrogen) atoms. The van der Waals surface area contributed by atoms with Crippen molar-refractivity contribution in [2.45, 2.75) is 18.1 Å². The Hall–Kier alpha value is -0.850. The fourth-order valence-corrected chi connectivity index (χ4v) is 0.808. The SMILES string of the molecule is N#CC1(O)C=CC(O)C1. The number of aliphatic hydroxyl groups excluding tert-OH is 1. The van der Waals surface area contributed by atoms with E-state index in [0.717, 1.165) is 0 Å². The molecule has 1 aliphatic rings. The van der Waals surface area contributed by atoms with E-state index in [9.17, 15) is 0 Å². The molecule has 3 nitrogen and oxygen atoms in total. The number of rotatable bonds is 0. The van der Waals surface area contributed by atoms with Crippen molar-refractivity contribution < 1.29 is 10.2 Å². The summed E-state index contributed by atoms with van der Waals surface area (Å²) in [5, 5.41) is 26.1. The lowest BCUT2D eigenvalue weighted by molar-refractivity contribution is 0.104. The lowest BCUT2D eigenvalue weighted by atomic mass is 10.1. The van der Waals surface area contributed by atoms with Gasteiger partial charge in [-0.1, -0.05) is 6.08 Å². The van der Waals surface area contributed by atoms with Crippen LogP contribution >= 0.6 is 0 Å². The normalized spacial score (nSPS) is 40.8. The third-order valence-electron chi connectivity index (χ3n) is 1.31. The van der Waals surface area contributed by atoms with Crippen molar-refractivity contribution in [2.75, 3.05) is 0 Å². The maximum absolute atomic E-state index is 9.06. The Morgan fingerprint density at radius 3 is 2.67 bits per heavy atom. The summed E-state index contributed by atoms with van der Waals surface area (Å²) in [4.78, 5) is 0. The second-order valence-corrected chi connectivity index (χ2v) is 2.17. The highest BCUT2D eigenvalue weighted by Crippen LogP contribution is 2.21. The van der Waals surface area contributed by atoms with Crippen LogP contribution in [0.15, 0.2) is 12.2 Å². The Morgan fingerprint density at radius 2 is 2.44 bits per heavy atom. The van der Waals surface area contributed by atoms with Gasteiger partial charge in [-0.15, -0.1) is 0 Å². The fraction of sp³-hybridized carbons (Fsp3) is 0.500. The number of nitrogens with zero attached hydrogens (tertiary/aromatic N) is 1. The first kappa shape index (κ1) is 6.27. The highest BCUT2D eigenvalue weighted by Gasteiger charge is 2.30. The van der Waals surface area contributed by atoms with Crippen LogP contribution in [-0.2, 0) is 0 Å². The van der Waals surface area contributed by atoms with Gasteiger partial charge >= 0.3 is 0 Å². The zero-order valence-electron chi connectivity index (χ0n) is 4.78. The van der Waals surface area contributed by atoms with Crippen LogP contribution in [0.1, 0.15) is 6.42 Å². The first-order chi connectivity index (χ1) is 4.16. The quantitative estimate of drug-likeness (QED) is 0.341. The van der Waals surface area contributed by atoms with Crippen LogP contribution in [0, 0.1) is 11.3 Å². The minimum atomic E-state index is -1.42. The van der Waals surface area contributed by atoms with Crippen molar-refractivity contribution in [1.29, 1.82) is 5.26 Å². The van der Waals surface area contributed by atoms with E-state index in [1.165, 1.54) is 12.2 Å². The summed E-state index contributed by atoms with van der Waals surface area (Å²) in [7, 11) is 0. The molecule has 0 saturated carbocycles. The molecule has 48 valence electrons.